The molecular formula is C12H15FN2O2. The lowest BCUT2D eigenvalue weighted by Gasteiger charge is -2.20. The Labute approximate surface area is 99.1 Å². The van der Waals surface area contributed by atoms with Gasteiger partial charge in [-0.15, -0.1) is 0 Å². The number of amides is 1. The smallest absolute Gasteiger partial charge is 0.272 e. The summed E-state index contributed by atoms with van der Waals surface area (Å²) in [6, 6.07) is 4.10. The molecule has 92 valence electrons. The van der Waals surface area contributed by atoms with E-state index in [1.54, 1.807) is 7.05 Å². The molecule has 4 nitrogen and oxygen atoms in total. The molecule has 1 fully saturated rings. The van der Waals surface area contributed by atoms with Crippen LogP contribution in [0.5, 0.6) is 0 Å². The standard InChI is InChI=1S/C12H15FN2O2/c1-15(7-10(16)8-5-6-8)12(17)9-3-2-4-11(13)14-9/h2-4,8,10,16H,5-7H2,1H3. The number of rotatable bonds is 4. The second-order valence-corrected chi connectivity index (χ2v) is 4.44. The largest absolute Gasteiger partial charge is 0.391 e. The van der Waals surface area contributed by atoms with E-state index < -0.39 is 12.1 Å². The third kappa shape index (κ3) is 3.00. The van der Waals surface area contributed by atoms with Gasteiger partial charge in [-0.3, -0.25) is 4.79 Å². The molecule has 1 aromatic heterocycles. The summed E-state index contributed by atoms with van der Waals surface area (Å²) in [7, 11) is 1.58. The van der Waals surface area contributed by atoms with E-state index in [1.165, 1.54) is 23.1 Å². The van der Waals surface area contributed by atoms with Crippen LogP contribution in [0.4, 0.5) is 4.39 Å². The number of hydrogen-bond donors (Lipinski definition) is 1. The van der Waals surface area contributed by atoms with Crippen LogP contribution in [0.3, 0.4) is 0 Å². The van der Waals surface area contributed by atoms with Crippen molar-refractivity contribution in [2.24, 2.45) is 5.92 Å². The van der Waals surface area contributed by atoms with Crippen LogP contribution in [0.15, 0.2) is 18.2 Å². The molecule has 2 rings (SSSR count). The second-order valence-electron chi connectivity index (χ2n) is 4.44. The lowest BCUT2D eigenvalue weighted by Crippen LogP contribution is -2.35. The first-order valence-electron chi connectivity index (χ1n) is 5.64. The van der Waals surface area contributed by atoms with Crippen molar-refractivity contribution in [2.45, 2.75) is 18.9 Å². The SMILES string of the molecule is CN(CC(O)C1CC1)C(=O)c1cccc(F)n1. The van der Waals surface area contributed by atoms with Crippen LogP contribution >= 0.6 is 0 Å². The van der Waals surface area contributed by atoms with E-state index in [1.807, 2.05) is 0 Å². The number of likely N-dealkylation sites (N-methyl/N-ethyl adjacent to an activating group) is 1. The first kappa shape index (κ1) is 12.0. The zero-order valence-corrected chi connectivity index (χ0v) is 9.64. The minimum Gasteiger partial charge on any atom is -0.391 e. The van der Waals surface area contributed by atoms with Crippen molar-refractivity contribution in [1.82, 2.24) is 9.88 Å². The summed E-state index contributed by atoms with van der Waals surface area (Å²) in [5.74, 6) is -0.734. The Balaban J connectivity index is 1.98. The van der Waals surface area contributed by atoms with Gasteiger partial charge in [0.2, 0.25) is 5.95 Å². The minimum atomic E-state index is -0.674. The first-order valence-corrected chi connectivity index (χ1v) is 5.64. The summed E-state index contributed by atoms with van der Waals surface area (Å²) >= 11 is 0. The Hall–Kier alpha value is -1.49. The van der Waals surface area contributed by atoms with E-state index >= 15 is 0 Å². The monoisotopic (exact) mass is 238 g/mol. The fourth-order valence-electron chi connectivity index (χ4n) is 1.72. The van der Waals surface area contributed by atoms with E-state index in [0.717, 1.165) is 12.8 Å². The predicted octanol–water partition coefficient (Wildman–Crippen LogP) is 1.06. The molecule has 0 bridgehead atoms. The number of carbonyl (C=O) groups is 1. The highest BCUT2D eigenvalue weighted by Crippen LogP contribution is 2.32. The van der Waals surface area contributed by atoms with Gasteiger partial charge in [0.1, 0.15) is 5.69 Å². The average molecular weight is 238 g/mol. The number of carbonyl (C=O) groups excluding carboxylic acids is 1. The molecule has 1 aliphatic rings. The van der Waals surface area contributed by atoms with Crippen molar-refractivity contribution >= 4 is 5.91 Å². The van der Waals surface area contributed by atoms with Crippen LogP contribution in [-0.2, 0) is 0 Å². The van der Waals surface area contributed by atoms with Gasteiger partial charge in [0, 0.05) is 13.6 Å². The van der Waals surface area contributed by atoms with E-state index in [-0.39, 0.29) is 18.1 Å². The molecule has 0 aliphatic heterocycles. The van der Waals surface area contributed by atoms with Crippen molar-refractivity contribution in [2.75, 3.05) is 13.6 Å². The molecule has 1 amide bonds. The first-order chi connectivity index (χ1) is 8.08. The van der Waals surface area contributed by atoms with Gasteiger partial charge >= 0.3 is 0 Å². The quantitative estimate of drug-likeness (QED) is 0.798. The Morgan fingerprint density at radius 3 is 2.94 bits per heavy atom. The zero-order chi connectivity index (χ0) is 12.4. The van der Waals surface area contributed by atoms with Crippen LogP contribution in [0, 0.1) is 11.9 Å². The highest BCUT2D eigenvalue weighted by atomic mass is 19.1. The van der Waals surface area contributed by atoms with Crippen LogP contribution in [0.2, 0.25) is 0 Å². The van der Waals surface area contributed by atoms with E-state index in [0.29, 0.717) is 5.92 Å². The second kappa shape index (κ2) is 4.79. The molecular weight excluding hydrogens is 223 g/mol. The van der Waals surface area contributed by atoms with Crippen molar-refractivity contribution < 1.29 is 14.3 Å². The summed E-state index contributed by atoms with van der Waals surface area (Å²) in [6.07, 6.45) is 1.54. The molecule has 0 radical (unpaired) electrons. The summed E-state index contributed by atoms with van der Waals surface area (Å²) in [5.41, 5.74) is 0.0653. The number of pyridine rings is 1. The van der Waals surface area contributed by atoms with Crippen molar-refractivity contribution in [3.05, 3.63) is 29.8 Å². The lowest BCUT2D eigenvalue weighted by atomic mass is 10.2. The summed E-state index contributed by atoms with van der Waals surface area (Å²) < 4.78 is 12.9. The summed E-state index contributed by atoms with van der Waals surface area (Å²) in [6.45, 7) is 0.266. The highest BCUT2D eigenvalue weighted by Gasteiger charge is 2.31. The number of aliphatic hydroxyl groups excluding tert-OH is 1. The number of aliphatic hydroxyl groups is 1. The molecule has 5 heteroatoms. The van der Waals surface area contributed by atoms with Gasteiger partial charge < -0.3 is 10.0 Å². The van der Waals surface area contributed by atoms with Gasteiger partial charge in [0.25, 0.3) is 5.91 Å². The fourth-order valence-corrected chi connectivity index (χ4v) is 1.72. The Morgan fingerprint density at radius 2 is 2.35 bits per heavy atom. The number of hydrogen-bond acceptors (Lipinski definition) is 3. The molecule has 0 spiro atoms. The fraction of sp³-hybridized carbons (Fsp3) is 0.500. The van der Waals surface area contributed by atoms with Gasteiger partial charge in [-0.25, -0.2) is 4.98 Å². The molecule has 1 N–H and O–H groups in total. The molecule has 1 saturated carbocycles. The highest BCUT2D eigenvalue weighted by molar-refractivity contribution is 5.92. The van der Waals surface area contributed by atoms with Gasteiger partial charge in [0.05, 0.1) is 6.10 Å². The van der Waals surface area contributed by atoms with Gasteiger partial charge in [-0.2, -0.15) is 4.39 Å². The molecule has 1 atom stereocenters. The molecule has 1 heterocycles. The third-order valence-corrected chi connectivity index (χ3v) is 2.91. The zero-order valence-electron chi connectivity index (χ0n) is 9.64. The van der Waals surface area contributed by atoms with E-state index in [2.05, 4.69) is 4.98 Å². The summed E-state index contributed by atoms with van der Waals surface area (Å²) in [5, 5.41) is 9.72. The van der Waals surface area contributed by atoms with Gasteiger partial charge in [-0.1, -0.05) is 6.07 Å². The average Bonchev–Trinajstić information content (AvgIpc) is 3.11. The normalized spacial score (nSPS) is 16.6. The molecule has 0 aromatic carbocycles. The van der Waals surface area contributed by atoms with E-state index in [9.17, 15) is 14.3 Å². The van der Waals surface area contributed by atoms with Crippen LogP contribution < -0.4 is 0 Å². The van der Waals surface area contributed by atoms with Crippen LogP contribution in [0.1, 0.15) is 23.3 Å². The third-order valence-electron chi connectivity index (χ3n) is 2.91. The molecule has 17 heavy (non-hydrogen) atoms. The molecule has 0 saturated heterocycles. The Bertz CT molecular complexity index is 421. The van der Waals surface area contributed by atoms with E-state index in [4.69, 9.17) is 0 Å². The van der Waals surface area contributed by atoms with Crippen LogP contribution in [-0.4, -0.2) is 40.6 Å². The number of halogens is 1. The number of nitrogens with zero attached hydrogens (tertiary/aromatic N) is 2. The van der Waals surface area contributed by atoms with Crippen molar-refractivity contribution in [3.63, 3.8) is 0 Å². The Kier molecular flexibility index (Phi) is 3.38. The Morgan fingerprint density at radius 1 is 1.65 bits per heavy atom. The van der Waals surface area contributed by atoms with Crippen molar-refractivity contribution in [3.8, 4) is 0 Å². The van der Waals surface area contributed by atoms with Gasteiger partial charge in [-0.05, 0) is 30.9 Å². The van der Waals surface area contributed by atoms with Crippen molar-refractivity contribution in [1.29, 1.82) is 0 Å². The topological polar surface area (TPSA) is 53.4 Å². The molecule has 1 aromatic rings. The number of aromatic nitrogens is 1. The summed E-state index contributed by atoms with van der Waals surface area (Å²) in [4.78, 5) is 16.8. The lowest BCUT2D eigenvalue weighted by molar-refractivity contribution is 0.0639. The maximum atomic E-state index is 12.9. The maximum absolute atomic E-state index is 12.9. The predicted molar refractivity (Wildman–Crippen MR) is 59.9 cm³/mol. The molecule has 1 aliphatic carbocycles. The molecule has 1 unspecified atom stereocenters. The minimum absolute atomic E-state index is 0.0653. The van der Waals surface area contributed by atoms with Crippen LogP contribution in [0.25, 0.3) is 0 Å². The van der Waals surface area contributed by atoms with Gasteiger partial charge in [0.15, 0.2) is 0 Å². The maximum Gasteiger partial charge on any atom is 0.272 e.